The molecule has 15 nitrogen and oxygen atoms in total. The Morgan fingerprint density at radius 1 is 0.954 bits per heavy atom. The number of halogens is 3. The van der Waals surface area contributed by atoms with Gasteiger partial charge < -0.3 is 39.4 Å². The van der Waals surface area contributed by atoms with Crippen LogP contribution in [0, 0.1) is 5.41 Å². The molecule has 1 saturated carbocycles. The molecule has 2 amide bonds. The SMILES string of the molecule is CC(C)(C)OC(=O)CC[C@@H](CO)NC(=O)c1cccc(CNC(=O)[C@@]23C[C@H]4OC(=O)[C@@H]2N(Cc2ccc(C=CC(=O)OCC(F)(F)F)cc2)O[C@@H]3[C@H]2OC3(Cc5ccccc5C3)O[C@H]24)c1. The highest BCUT2D eigenvalue weighted by Crippen LogP contribution is 2.58. The van der Waals surface area contributed by atoms with E-state index in [1.54, 1.807) is 69.3 Å². The largest absolute Gasteiger partial charge is 0.460 e. The van der Waals surface area contributed by atoms with Gasteiger partial charge in [-0.15, -0.1) is 0 Å². The van der Waals surface area contributed by atoms with Gasteiger partial charge in [-0.1, -0.05) is 60.7 Å². The summed E-state index contributed by atoms with van der Waals surface area (Å²) < 4.78 is 66.5. The molecule has 2 aliphatic carbocycles. The number of aliphatic hydroxyl groups excluding tert-OH is 1. The Kier molecular flexibility index (Phi) is 12.7. The van der Waals surface area contributed by atoms with Crippen molar-refractivity contribution in [3.63, 3.8) is 0 Å². The van der Waals surface area contributed by atoms with E-state index >= 15 is 0 Å². The van der Waals surface area contributed by atoms with Crippen LogP contribution < -0.4 is 10.6 Å². The van der Waals surface area contributed by atoms with Crippen LogP contribution in [0.4, 0.5) is 13.2 Å². The number of benzene rings is 3. The lowest BCUT2D eigenvalue weighted by molar-refractivity contribution is -0.217. The molecule has 2 bridgehead atoms. The number of nitrogens with one attached hydrogen (secondary N) is 2. The molecule has 5 aliphatic rings. The van der Waals surface area contributed by atoms with E-state index in [-0.39, 0.29) is 37.9 Å². The van der Waals surface area contributed by atoms with E-state index < -0.39 is 102 Å². The van der Waals surface area contributed by atoms with E-state index in [1.807, 2.05) is 24.3 Å². The van der Waals surface area contributed by atoms with Crippen molar-refractivity contribution in [1.82, 2.24) is 15.7 Å². The molecular formula is C47H50F3N3O12. The molecule has 3 aliphatic heterocycles. The summed E-state index contributed by atoms with van der Waals surface area (Å²) in [7, 11) is 0. The zero-order valence-electron chi connectivity index (χ0n) is 35.9. The number of hydrogen-bond donors (Lipinski definition) is 3. The Morgan fingerprint density at radius 3 is 2.34 bits per heavy atom. The fraction of sp³-hybridized carbons (Fsp3) is 0.468. The summed E-state index contributed by atoms with van der Waals surface area (Å²) >= 11 is 0. The average molecular weight is 906 g/mol. The molecule has 3 N–H and O–H groups in total. The number of hydroxylamine groups is 2. The average Bonchev–Trinajstić information content (AvgIpc) is 3.93. The molecule has 7 atom stereocenters. The van der Waals surface area contributed by atoms with Crippen LogP contribution in [0.1, 0.15) is 78.2 Å². The predicted molar refractivity (Wildman–Crippen MR) is 222 cm³/mol. The Balaban J connectivity index is 0.999. The number of alkyl halides is 3. The Hall–Kier alpha value is -5.66. The quantitative estimate of drug-likeness (QED) is 0.117. The molecule has 0 aromatic heterocycles. The minimum atomic E-state index is -4.65. The second kappa shape index (κ2) is 18.0. The van der Waals surface area contributed by atoms with Gasteiger partial charge in [0.25, 0.3) is 5.91 Å². The molecule has 65 heavy (non-hydrogen) atoms. The number of fused-ring (bicyclic) bond motifs is 5. The summed E-state index contributed by atoms with van der Waals surface area (Å²) in [6.45, 7) is 3.11. The maximum Gasteiger partial charge on any atom is 0.422 e. The van der Waals surface area contributed by atoms with Gasteiger partial charge in [0.05, 0.1) is 19.2 Å². The molecule has 0 radical (unpaired) electrons. The monoisotopic (exact) mass is 905 g/mol. The van der Waals surface area contributed by atoms with Crippen LogP contribution in [0.5, 0.6) is 0 Å². The Morgan fingerprint density at radius 2 is 1.66 bits per heavy atom. The zero-order valence-corrected chi connectivity index (χ0v) is 35.9. The van der Waals surface area contributed by atoms with Crippen LogP contribution in [-0.4, -0.2) is 107 Å². The lowest BCUT2D eigenvalue weighted by atomic mass is 9.62. The Bertz CT molecular complexity index is 2320. The summed E-state index contributed by atoms with van der Waals surface area (Å²) in [5, 5.41) is 17.1. The molecule has 4 fully saturated rings. The van der Waals surface area contributed by atoms with E-state index in [0.29, 0.717) is 29.5 Å². The van der Waals surface area contributed by atoms with Crippen molar-refractivity contribution in [3.05, 3.63) is 112 Å². The van der Waals surface area contributed by atoms with E-state index in [9.17, 15) is 42.3 Å². The van der Waals surface area contributed by atoms with Crippen LogP contribution in [0.3, 0.4) is 0 Å². The van der Waals surface area contributed by atoms with Gasteiger partial charge in [0.2, 0.25) is 5.91 Å². The minimum Gasteiger partial charge on any atom is -0.460 e. The smallest absolute Gasteiger partial charge is 0.422 e. The maximum absolute atomic E-state index is 14.9. The number of amides is 2. The number of carbonyl (C=O) groups excluding carboxylic acids is 5. The summed E-state index contributed by atoms with van der Waals surface area (Å²) in [6.07, 6.45) is -4.76. The maximum atomic E-state index is 14.9. The third-order valence-electron chi connectivity index (χ3n) is 12.1. The van der Waals surface area contributed by atoms with Crippen LogP contribution in [-0.2, 0) is 73.6 Å². The van der Waals surface area contributed by atoms with E-state index in [1.165, 1.54) is 11.1 Å². The summed E-state index contributed by atoms with van der Waals surface area (Å²) in [6, 6.07) is 19.1. The third-order valence-corrected chi connectivity index (χ3v) is 12.1. The summed E-state index contributed by atoms with van der Waals surface area (Å²) in [4.78, 5) is 73.1. The number of nitrogens with zero attached hydrogens (tertiary/aromatic N) is 1. The molecule has 8 rings (SSSR count). The zero-order chi connectivity index (χ0) is 46.3. The Labute approximate surface area is 372 Å². The lowest BCUT2D eigenvalue weighted by Crippen LogP contribution is -2.69. The van der Waals surface area contributed by atoms with Crippen molar-refractivity contribution in [2.24, 2.45) is 5.41 Å². The second-order valence-electron chi connectivity index (χ2n) is 18.1. The summed E-state index contributed by atoms with van der Waals surface area (Å²) in [5.74, 6) is -4.35. The number of esters is 3. The number of hydrogen-bond acceptors (Lipinski definition) is 13. The molecule has 18 heteroatoms. The van der Waals surface area contributed by atoms with Crippen molar-refractivity contribution in [3.8, 4) is 0 Å². The van der Waals surface area contributed by atoms with Crippen LogP contribution >= 0.6 is 0 Å². The first-order chi connectivity index (χ1) is 30.8. The second-order valence-corrected chi connectivity index (χ2v) is 18.1. The van der Waals surface area contributed by atoms with Crippen molar-refractivity contribution in [1.29, 1.82) is 0 Å². The highest BCUT2D eigenvalue weighted by molar-refractivity contribution is 5.95. The number of aliphatic hydroxyl groups is 1. The van der Waals surface area contributed by atoms with E-state index in [4.69, 9.17) is 23.8 Å². The van der Waals surface area contributed by atoms with Gasteiger partial charge in [-0.25, -0.2) is 4.79 Å². The van der Waals surface area contributed by atoms with E-state index in [2.05, 4.69) is 15.4 Å². The van der Waals surface area contributed by atoms with Gasteiger partial charge in [-0.2, -0.15) is 18.2 Å². The first-order valence-corrected chi connectivity index (χ1v) is 21.4. The van der Waals surface area contributed by atoms with Gasteiger partial charge in [0.15, 0.2) is 18.4 Å². The minimum absolute atomic E-state index is 0.00613. The molecule has 3 saturated heterocycles. The molecular weight excluding hydrogens is 856 g/mol. The number of ether oxygens (including phenoxy) is 5. The van der Waals surface area contributed by atoms with Crippen LogP contribution in [0.2, 0.25) is 0 Å². The molecule has 0 unspecified atom stereocenters. The number of carbonyl (C=O) groups is 5. The lowest BCUT2D eigenvalue weighted by Gasteiger charge is -2.48. The molecule has 1 spiro atoms. The van der Waals surface area contributed by atoms with Crippen molar-refractivity contribution in [2.75, 3.05) is 13.2 Å². The predicted octanol–water partition coefficient (Wildman–Crippen LogP) is 4.41. The van der Waals surface area contributed by atoms with Crippen molar-refractivity contribution >= 4 is 35.8 Å². The first kappa shape index (κ1) is 45.9. The van der Waals surface area contributed by atoms with Crippen molar-refractivity contribution in [2.45, 2.75) is 120 Å². The molecule has 3 aromatic rings. The highest BCUT2D eigenvalue weighted by Gasteiger charge is 2.76. The standard InChI is InChI=1S/C47H50F3N3O12/c1-44(2,3)62-36(56)18-16-33(25-54)52-41(57)30-10-6-7-29(19-30)23-51-43(59)46-22-34-37-38(64-45(63-37)20-31-8-4-5-9-32(31)21-45)40(46)65-53(39(46)42(58)61-34)24-28-13-11-27(12-14-28)15-17-35(55)60-26-47(48,49)50/h4-15,17,19,33-34,37-40,54H,16,18,20-26H2,1-3H3,(H,51,59)(H,52,57)/t33-,34+,37-,38-,39-,40+,46-/m0/s1. The van der Waals surface area contributed by atoms with Gasteiger partial charge in [-0.05, 0) is 73.2 Å². The molecule has 3 aromatic carbocycles. The fourth-order valence-electron chi connectivity index (χ4n) is 9.37. The van der Waals surface area contributed by atoms with Crippen LogP contribution in [0.25, 0.3) is 6.08 Å². The fourth-order valence-corrected chi connectivity index (χ4v) is 9.37. The first-order valence-electron chi connectivity index (χ1n) is 21.4. The highest BCUT2D eigenvalue weighted by atomic mass is 19.4. The third kappa shape index (κ3) is 9.96. The van der Waals surface area contributed by atoms with Gasteiger partial charge in [0, 0.05) is 43.9 Å². The normalized spacial score (nSPS) is 25.7. The topological polar surface area (TPSA) is 188 Å². The summed E-state index contributed by atoms with van der Waals surface area (Å²) in [5.41, 5.74) is 1.87. The van der Waals surface area contributed by atoms with Gasteiger partial charge >= 0.3 is 24.1 Å². The van der Waals surface area contributed by atoms with Crippen molar-refractivity contribution < 1.29 is 70.8 Å². The molecule has 346 valence electrons. The molecule has 3 heterocycles. The van der Waals surface area contributed by atoms with Gasteiger partial charge in [0.1, 0.15) is 35.4 Å². The van der Waals surface area contributed by atoms with Crippen LogP contribution in [0.15, 0.2) is 78.9 Å². The van der Waals surface area contributed by atoms with Gasteiger partial charge in [-0.3, -0.25) is 24.0 Å². The van der Waals surface area contributed by atoms with E-state index in [0.717, 1.165) is 17.2 Å². The number of rotatable bonds is 14.